The summed E-state index contributed by atoms with van der Waals surface area (Å²) in [6.45, 7) is 4.82. The molecule has 1 N–H and O–H groups in total. The molecule has 0 aliphatic carbocycles. The Morgan fingerprint density at radius 3 is 2.93 bits per heavy atom. The van der Waals surface area contributed by atoms with Crippen molar-refractivity contribution in [1.29, 1.82) is 0 Å². The Morgan fingerprint density at radius 2 is 2.19 bits per heavy atom. The summed E-state index contributed by atoms with van der Waals surface area (Å²) >= 11 is 9.47. The van der Waals surface area contributed by atoms with Gasteiger partial charge in [0.15, 0.2) is 5.76 Å². The van der Waals surface area contributed by atoms with E-state index in [0.717, 1.165) is 16.7 Å². The van der Waals surface area contributed by atoms with E-state index in [-0.39, 0.29) is 24.3 Å². The largest absolute Gasteiger partial charge is 0.484 e. The van der Waals surface area contributed by atoms with E-state index in [1.54, 1.807) is 30.5 Å². The number of furan rings is 1. The van der Waals surface area contributed by atoms with Crippen LogP contribution in [0.1, 0.15) is 41.9 Å². The van der Waals surface area contributed by atoms with E-state index in [1.807, 2.05) is 30.7 Å². The van der Waals surface area contributed by atoms with E-state index < -0.39 is 0 Å². The SMILES string of the molecule is CCn1nccc1C(C)NC(=O)c1ccc(COc2ccc(Br)cc2Cl)o1. The van der Waals surface area contributed by atoms with Gasteiger partial charge in [0.1, 0.15) is 18.1 Å². The Labute approximate surface area is 170 Å². The Balaban J connectivity index is 1.60. The average Bonchev–Trinajstić information content (AvgIpc) is 3.30. The third-order valence-corrected chi connectivity index (χ3v) is 4.78. The van der Waals surface area contributed by atoms with Crippen LogP contribution in [0.25, 0.3) is 0 Å². The second-order valence-electron chi connectivity index (χ2n) is 5.90. The monoisotopic (exact) mass is 451 g/mol. The number of halogens is 2. The first-order valence-corrected chi connectivity index (χ1v) is 9.64. The van der Waals surface area contributed by atoms with Crippen molar-refractivity contribution < 1.29 is 13.9 Å². The molecule has 0 radical (unpaired) electrons. The van der Waals surface area contributed by atoms with Gasteiger partial charge in [0.05, 0.1) is 16.8 Å². The number of ether oxygens (including phenoxy) is 1. The van der Waals surface area contributed by atoms with Crippen molar-refractivity contribution in [3.63, 3.8) is 0 Å². The predicted molar refractivity (Wildman–Crippen MR) is 106 cm³/mol. The minimum absolute atomic E-state index is 0.173. The van der Waals surface area contributed by atoms with Crippen molar-refractivity contribution in [3.05, 3.63) is 69.3 Å². The average molecular weight is 453 g/mol. The van der Waals surface area contributed by atoms with E-state index >= 15 is 0 Å². The fraction of sp³-hybridized carbons (Fsp3) is 0.263. The Kier molecular flexibility index (Phi) is 6.23. The molecular weight excluding hydrogens is 434 g/mol. The number of amides is 1. The van der Waals surface area contributed by atoms with Crippen molar-refractivity contribution in [1.82, 2.24) is 15.1 Å². The van der Waals surface area contributed by atoms with E-state index in [0.29, 0.717) is 16.5 Å². The zero-order chi connectivity index (χ0) is 19.4. The molecule has 6 nitrogen and oxygen atoms in total. The molecule has 0 aliphatic rings. The molecule has 142 valence electrons. The summed E-state index contributed by atoms with van der Waals surface area (Å²) in [4.78, 5) is 12.4. The molecule has 0 fully saturated rings. The molecule has 0 saturated heterocycles. The molecule has 0 aliphatic heterocycles. The molecule has 3 aromatic rings. The van der Waals surface area contributed by atoms with Crippen molar-refractivity contribution >= 4 is 33.4 Å². The maximum absolute atomic E-state index is 12.4. The number of hydrogen-bond acceptors (Lipinski definition) is 4. The smallest absolute Gasteiger partial charge is 0.287 e. The Bertz CT molecular complexity index is 938. The lowest BCUT2D eigenvalue weighted by Gasteiger charge is -2.14. The molecule has 1 unspecified atom stereocenters. The zero-order valence-electron chi connectivity index (χ0n) is 14.9. The molecule has 1 atom stereocenters. The zero-order valence-corrected chi connectivity index (χ0v) is 17.3. The lowest BCUT2D eigenvalue weighted by molar-refractivity contribution is 0.0906. The van der Waals surface area contributed by atoms with Crippen LogP contribution in [0.5, 0.6) is 5.75 Å². The van der Waals surface area contributed by atoms with Gasteiger partial charge in [-0.15, -0.1) is 0 Å². The first kappa shape index (κ1) is 19.5. The normalized spacial score (nSPS) is 12.0. The summed E-state index contributed by atoms with van der Waals surface area (Å²) in [6, 6.07) is 10.4. The van der Waals surface area contributed by atoms with Crippen LogP contribution in [-0.2, 0) is 13.2 Å². The fourth-order valence-electron chi connectivity index (χ4n) is 2.64. The topological polar surface area (TPSA) is 69.3 Å². The number of nitrogens with one attached hydrogen (secondary N) is 1. The van der Waals surface area contributed by atoms with Gasteiger partial charge in [0.2, 0.25) is 0 Å². The molecule has 27 heavy (non-hydrogen) atoms. The van der Waals surface area contributed by atoms with Gasteiger partial charge in [-0.2, -0.15) is 5.10 Å². The highest BCUT2D eigenvalue weighted by atomic mass is 79.9. The Hall–Kier alpha value is -2.25. The van der Waals surface area contributed by atoms with Gasteiger partial charge in [-0.05, 0) is 50.2 Å². The van der Waals surface area contributed by atoms with Crippen molar-refractivity contribution in [3.8, 4) is 5.75 Å². The maximum atomic E-state index is 12.4. The molecule has 3 rings (SSSR count). The van der Waals surface area contributed by atoms with Crippen LogP contribution in [0, 0.1) is 0 Å². The van der Waals surface area contributed by atoms with E-state index in [2.05, 4.69) is 26.3 Å². The van der Waals surface area contributed by atoms with Crippen molar-refractivity contribution in [2.75, 3.05) is 0 Å². The summed E-state index contributed by atoms with van der Waals surface area (Å²) < 4.78 is 14.0. The predicted octanol–water partition coefficient (Wildman–Crippen LogP) is 4.98. The van der Waals surface area contributed by atoms with Crippen molar-refractivity contribution in [2.45, 2.75) is 33.0 Å². The Morgan fingerprint density at radius 1 is 1.37 bits per heavy atom. The number of nitrogens with zero attached hydrogens (tertiary/aromatic N) is 2. The van der Waals surface area contributed by atoms with Crippen LogP contribution < -0.4 is 10.1 Å². The third kappa shape index (κ3) is 4.73. The highest BCUT2D eigenvalue weighted by Gasteiger charge is 2.17. The summed E-state index contributed by atoms with van der Waals surface area (Å²) in [7, 11) is 0. The van der Waals surface area contributed by atoms with Gasteiger partial charge in [-0.3, -0.25) is 9.48 Å². The first-order valence-electron chi connectivity index (χ1n) is 8.47. The lowest BCUT2D eigenvalue weighted by Crippen LogP contribution is -2.28. The highest BCUT2D eigenvalue weighted by molar-refractivity contribution is 9.10. The quantitative estimate of drug-likeness (QED) is 0.549. The standard InChI is InChI=1S/C19H19BrClN3O3/c1-3-24-16(8-9-22-24)12(2)23-19(25)18-7-5-14(27-18)11-26-17-6-4-13(20)10-15(17)21/h4-10,12H,3,11H2,1-2H3,(H,23,25). The van der Waals surface area contributed by atoms with Gasteiger partial charge in [-0.1, -0.05) is 27.5 Å². The van der Waals surface area contributed by atoms with Crippen LogP contribution >= 0.6 is 27.5 Å². The summed E-state index contributed by atoms with van der Waals surface area (Å²) in [5.74, 6) is 1.01. The number of benzene rings is 1. The number of carbonyl (C=O) groups excluding carboxylic acids is 1. The molecule has 0 bridgehead atoms. The minimum atomic E-state index is -0.292. The van der Waals surface area contributed by atoms with Crippen LogP contribution in [0.3, 0.4) is 0 Å². The number of carbonyl (C=O) groups is 1. The maximum Gasteiger partial charge on any atom is 0.287 e. The molecular formula is C19H19BrClN3O3. The molecule has 1 aromatic carbocycles. The van der Waals surface area contributed by atoms with Gasteiger partial charge in [0.25, 0.3) is 5.91 Å². The molecule has 8 heteroatoms. The van der Waals surface area contributed by atoms with Gasteiger partial charge in [-0.25, -0.2) is 0 Å². The number of hydrogen-bond donors (Lipinski definition) is 1. The summed E-state index contributed by atoms with van der Waals surface area (Å²) in [6.07, 6.45) is 1.72. The molecule has 0 spiro atoms. The van der Waals surface area contributed by atoms with Gasteiger partial charge < -0.3 is 14.5 Å². The summed E-state index contributed by atoms with van der Waals surface area (Å²) in [5, 5.41) is 7.63. The fourth-order valence-corrected chi connectivity index (χ4v) is 3.36. The van der Waals surface area contributed by atoms with E-state index in [4.69, 9.17) is 20.8 Å². The number of aromatic nitrogens is 2. The van der Waals surface area contributed by atoms with E-state index in [1.165, 1.54) is 0 Å². The van der Waals surface area contributed by atoms with Gasteiger partial charge >= 0.3 is 0 Å². The second-order valence-corrected chi connectivity index (χ2v) is 7.22. The third-order valence-electron chi connectivity index (χ3n) is 3.99. The molecule has 2 aromatic heterocycles. The lowest BCUT2D eigenvalue weighted by atomic mass is 10.2. The van der Waals surface area contributed by atoms with Crippen molar-refractivity contribution in [2.24, 2.45) is 0 Å². The second kappa shape index (κ2) is 8.63. The minimum Gasteiger partial charge on any atom is -0.484 e. The van der Waals surface area contributed by atoms with E-state index in [9.17, 15) is 4.79 Å². The first-order chi connectivity index (χ1) is 13.0. The number of aryl methyl sites for hydroxylation is 1. The summed E-state index contributed by atoms with van der Waals surface area (Å²) in [5.41, 5.74) is 0.936. The van der Waals surface area contributed by atoms with Crippen LogP contribution in [0.15, 0.2) is 51.5 Å². The number of rotatable bonds is 7. The molecule has 1 amide bonds. The van der Waals surface area contributed by atoms with Gasteiger partial charge in [0, 0.05) is 17.2 Å². The van der Waals surface area contributed by atoms with Crippen LogP contribution in [0.2, 0.25) is 5.02 Å². The van der Waals surface area contributed by atoms with Crippen LogP contribution in [0.4, 0.5) is 0 Å². The highest BCUT2D eigenvalue weighted by Crippen LogP contribution is 2.28. The van der Waals surface area contributed by atoms with Crippen LogP contribution in [-0.4, -0.2) is 15.7 Å². The molecule has 0 saturated carbocycles. The molecule has 2 heterocycles.